The molecule has 0 saturated carbocycles. The first kappa shape index (κ1) is 11.7. The maximum Gasteiger partial charge on any atom is 0.255 e. The minimum atomic E-state index is -0.0242. The highest BCUT2D eigenvalue weighted by atomic mass is 16.2. The summed E-state index contributed by atoms with van der Waals surface area (Å²) in [7, 11) is 0. The molecule has 2 nitrogen and oxygen atoms in total. The molecule has 2 aromatic rings. The van der Waals surface area contributed by atoms with Crippen molar-refractivity contribution < 1.29 is 4.79 Å². The fourth-order valence-electron chi connectivity index (χ4n) is 2.60. The SMILES string of the molecule is C=CC1c2ccccc2C(=O)N1Cc1ccccc1. The van der Waals surface area contributed by atoms with Gasteiger partial charge in [-0.25, -0.2) is 0 Å². The van der Waals surface area contributed by atoms with Gasteiger partial charge in [0.05, 0.1) is 6.04 Å². The third-order valence-corrected chi connectivity index (χ3v) is 3.53. The quantitative estimate of drug-likeness (QED) is 0.761. The summed E-state index contributed by atoms with van der Waals surface area (Å²) < 4.78 is 0. The molecule has 0 bridgehead atoms. The van der Waals surface area contributed by atoms with E-state index in [9.17, 15) is 4.79 Å². The largest absolute Gasteiger partial charge is 0.324 e. The monoisotopic (exact) mass is 249 g/mol. The first-order valence-electron chi connectivity index (χ1n) is 6.37. The van der Waals surface area contributed by atoms with Crippen LogP contribution in [0.4, 0.5) is 0 Å². The first-order valence-corrected chi connectivity index (χ1v) is 6.37. The summed E-state index contributed by atoms with van der Waals surface area (Å²) in [6.07, 6.45) is 1.84. The Kier molecular flexibility index (Phi) is 2.92. The molecule has 1 unspecified atom stereocenters. The Bertz CT molecular complexity index is 618. The minimum Gasteiger partial charge on any atom is -0.324 e. The van der Waals surface area contributed by atoms with Gasteiger partial charge in [0, 0.05) is 12.1 Å². The van der Waals surface area contributed by atoms with Gasteiger partial charge in [-0.3, -0.25) is 4.79 Å². The zero-order chi connectivity index (χ0) is 13.2. The molecule has 0 aliphatic carbocycles. The maximum absolute atomic E-state index is 12.4. The Hall–Kier alpha value is -2.35. The minimum absolute atomic E-state index is 0.0242. The fourth-order valence-corrected chi connectivity index (χ4v) is 2.60. The van der Waals surface area contributed by atoms with Crippen molar-refractivity contribution in [3.63, 3.8) is 0 Å². The predicted octanol–water partition coefficient (Wildman–Crippen LogP) is 3.57. The lowest BCUT2D eigenvalue weighted by molar-refractivity contribution is 0.0740. The van der Waals surface area contributed by atoms with E-state index in [0.717, 1.165) is 16.7 Å². The summed E-state index contributed by atoms with van der Waals surface area (Å²) in [4.78, 5) is 14.3. The Balaban J connectivity index is 1.95. The lowest BCUT2D eigenvalue weighted by Gasteiger charge is -2.22. The van der Waals surface area contributed by atoms with Gasteiger partial charge in [-0.2, -0.15) is 0 Å². The van der Waals surface area contributed by atoms with Gasteiger partial charge >= 0.3 is 0 Å². The van der Waals surface area contributed by atoms with E-state index in [1.807, 2.05) is 65.6 Å². The third-order valence-electron chi connectivity index (χ3n) is 3.53. The van der Waals surface area contributed by atoms with Gasteiger partial charge in [0.1, 0.15) is 0 Å². The van der Waals surface area contributed by atoms with E-state index in [1.165, 1.54) is 0 Å². The molecule has 3 rings (SSSR count). The molecule has 94 valence electrons. The van der Waals surface area contributed by atoms with Crippen LogP contribution in [0.3, 0.4) is 0 Å². The summed E-state index contributed by atoms with van der Waals surface area (Å²) in [6.45, 7) is 4.49. The van der Waals surface area contributed by atoms with Gasteiger partial charge < -0.3 is 4.90 Å². The number of amides is 1. The molecule has 0 fully saturated rings. The lowest BCUT2D eigenvalue weighted by atomic mass is 10.1. The van der Waals surface area contributed by atoms with E-state index in [-0.39, 0.29) is 11.9 Å². The normalized spacial score (nSPS) is 17.4. The summed E-state index contributed by atoms with van der Waals surface area (Å²) in [5, 5.41) is 0. The van der Waals surface area contributed by atoms with Gasteiger partial charge in [-0.1, -0.05) is 54.6 Å². The topological polar surface area (TPSA) is 20.3 Å². The van der Waals surface area contributed by atoms with Crippen LogP contribution in [0.5, 0.6) is 0 Å². The number of carbonyl (C=O) groups is 1. The van der Waals surface area contributed by atoms with Crippen LogP contribution in [0.1, 0.15) is 27.5 Å². The number of hydrogen-bond donors (Lipinski definition) is 0. The standard InChI is InChI=1S/C17H15NO/c1-2-16-14-10-6-7-11-15(14)17(19)18(16)12-13-8-4-3-5-9-13/h2-11,16H,1,12H2. The molecule has 1 heterocycles. The molecule has 1 aliphatic heterocycles. The molecule has 0 aromatic heterocycles. The van der Waals surface area contributed by atoms with Gasteiger partial charge in [0.15, 0.2) is 0 Å². The number of nitrogens with zero attached hydrogens (tertiary/aromatic N) is 1. The van der Waals surface area contributed by atoms with Crippen molar-refractivity contribution in [2.45, 2.75) is 12.6 Å². The average Bonchev–Trinajstić information content (AvgIpc) is 2.73. The highest BCUT2D eigenvalue weighted by Gasteiger charge is 2.34. The molecular weight excluding hydrogens is 234 g/mol. The van der Waals surface area contributed by atoms with Crippen LogP contribution in [0.2, 0.25) is 0 Å². The van der Waals surface area contributed by atoms with Crippen LogP contribution >= 0.6 is 0 Å². The van der Waals surface area contributed by atoms with Gasteiger partial charge in [0.2, 0.25) is 0 Å². The molecule has 0 radical (unpaired) electrons. The smallest absolute Gasteiger partial charge is 0.255 e. The van der Waals surface area contributed by atoms with E-state index < -0.39 is 0 Å². The summed E-state index contributed by atoms with van der Waals surface area (Å²) in [5.41, 5.74) is 2.98. The van der Waals surface area contributed by atoms with Crippen molar-refractivity contribution in [1.82, 2.24) is 4.90 Å². The second kappa shape index (κ2) is 4.73. The van der Waals surface area contributed by atoms with Gasteiger partial charge in [0.25, 0.3) is 5.91 Å². The second-order valence-corrected chi connectivity index (χ2v) is 4.69. The van der Waals surface area contributed by atoms with E-state index in [0.29, 0.717) is 6.54 Å². The van der Waals surface area contributed by atoms with Crippen molar-refractivity contribution in [2.24, 2.45) is 0 Å². The Morgan fingerprint density at radius 3 is 2.47 bits per heavy atom. The van der Waals surface area contributed by atoms with Crippen molar-refractivity contribution in [3.05, 3.63) is 83.9 Å². The van der Waals surface area contributed by atoms with Crippen LogP contribution in [-0.2, 0) is 6.54 Å². The summed E-state index contributed by atoms with van der Waals surface area (Å²) in [6, 6.07) is 17.8. The highest BCUT2D eigenvalue weighted by Crippen LogP contribution is 2.35. The number of carbonyl (C=O) groups excluding carboxylic acids is 1. The molecule has 19 heavy (non-hydrogen) atoms. The van der Waals surface area contributed by atoms with E-state index >= 15 is 0 Å². The number of rotatable bonds is 3. The summed E-state index contributed by atoms with van der Waals surface area (Å²) in [5.74, 6) is 0.0874. The highest BCUT2D eigenvalue weighted by molar-refractivity contribution is 5.99. The third kappa shape index (κ3) is 1.95. The molecule has 2 aromatic carbocycles. The molecule has 2 heteroatoms. The van der Waals surface area contributed by atoms with Crippen molar-refractivity contribution in [2.75, 3.05) is 0 Å². The Morgan fingerprint density at radius 1 is 1.05 bits per heavy atom. The summed E-state index contributed by atoms with van der Waals surface area (Å²) >= 11 is 0. The molecule has 1 aliphatic rings. The first-order chi connectivity index (χ1) is 9.31. The van der Waals surface area contributed by atoms with Crippen LogP contribution in [0, 0.1) is 0 Å². The molecule has 1 atom stereocenters. The number of hydrogen-bond acceptors (Lipinski definition) is 1. The van der Waals surface area contributed by atoms with Crippen molar-refractivity contribution in [1.29, 1.82) is 0 Å². The Morgan fingerprint density at radius 2 is 1.74 bits per heavy atom. The van der Waals surface area contributed by atoms with E-state index in [1.54, 1.807) is 0 Å². The van der Waals surface area contributed by atoms with Crippen LogP contribution in [0.15, 0.2) is 67.3 Å². The molecule has 0 N–H and O–H groups in total. The van der Waals surface area contributed by atoms with Crippen molar-refractivity contribution >= 4 is 5.91 Å². The van der Waals surface area contributed by atoms with Gasteiger partial charge in [-0.05, 0) is 17.2 Å². The molecule has 1 amide bonds. The zero-order valence-electron chi connectivity index (χ0n) is 10.6. The van der Waals surface area contributed by atoms with Gasteiger partial charge in [-0.15, -0.1) is 6.58 Å². The lowest BCUT2D eigenvalue weighted by Crippen LogP contribution is -2.26. The Labute approximate surface area is 113 Å². The number of benzene rings is 2. The van der Waals surface area contributed by atoms with E-state index in [4.69, 9.17) is 0 Å². The second-order valence-electron chi connectivity index (χ2n) is 4.69. The van der Waals surface area contributed by atoms with Crippen LogP contribution in [-0.4, -0.2) is 10.8 Å². The average molecular weight is 249 g/mol. The fraction of sp³-hybridized carbons (Fsp3) is 0.118. The number of fused-ring (bicyclic) bond motifs is 1. The van der Waals surface area contributed by atoms with Crippen LogP contribution < -0.4 is 0 Å². The zero-order valence-corrected chi connectivity index (χ0v) is 10.6. The predicted molar refractivity (Wildman–Crippen MR) is 75.7 cm³/mol. The molecular formula is C17H15NO. The van der Waals surface area contributed by atoms with Crippen LogP contribution in [0.25, 0.3) is 0 Å². The molecule has 0 saturated heterocycles. The van der Waals surface area contributed by atoms with E-state index in [2.05, 4.69) is 6.58 Å². The maximum atomic E-state index is 12.4. The molecule has 0 spiro atoms. The van der Waals surface area contributed by atoms with Crippen molar-refractivity contribution in [3.8, 4) is 0 Å².